The Morgan fingerprint density at radius 3 is 2.63 bits per heavy atom. The molecule has 7 nitrogen and oxygen atoms in total. The van der Waals surface area contributed by atoms with Gasteiger partial charge in [0.1, 0.15) is 11.6 Å². The fourth-order valence-electron chi connectivity index (χ4n) is 4.26. The molecule has 0 spiro atoms. The number of fused-ring (bicyclic) bond motifs is 1. The van der Waals surface area contributed by atoms with Gasteiger partial charge in [-0.1, -0.05) is 48.0 Å². The summed E-state index contributed by atoms with van der Waals surface area (Å²) in [6.45, 7) is 2.31. The van der Waals surface area contributed by atoms with E-state index in [1.807, 2.05) is 65.6 Å². The van der Waals surface area contributed by atoms with Crippen molar-refractivity contribution in [3.63, 3.8) is 0 Å². The minimum absolute atomic E-state index is 0.0295. The van der Waals surface area contributed by atoms with Crippen LogP contribution < -0.4 is 10.1 Å². The van der Waals surface area contributed by atoms with Crippen molar-refractivity contribution in [1.29, 1.82) is 0 Å². The lowest BCUT2D eigenvalue weighted by Crippen LogP contribution is -2.42. The molecule has 0 atom stereocenters. The predicted molar refractivity (Wildman–Crippen MR) is 141 cm³/mol. The van der Waals surface area contributed by atoms with Gasteiger partial charge in [-0.15, -0.1) is 0 Å². The number of rotatable bonds is 7. The van der Waals surface area contributed by atoms with Gasteiger partial charge in [-0.05, 0) is 52.9 Å². The summed E-state index contributed by atoms with van der Waals surface area (Å²) >= 11 is 9.98. The molecule has 3 heterocycles. The molecule has 1 amide bonds. The highest BCUT2D eigenvalue weighted by Gasteiger charge is 2.23. The number of nitrogens with zero attached hydrogens (tertiary/aromatic N) is 4. The van der Waals surface area contributed by atoms with Crippen LogP contribution in [-0.4, -0.2) is 51.6 Å². The van der Waals surface area contributed by atoms with Gasteiger partial charge in [0.15, 0.2) is 12.3 Å². The van der Waals surface area contributed by atoms with E-state index in [4.69, 9.17) is 21.3 Å². The maximum atomic E-state index is 12.6. The summed E-state index contributed by atoms with van der Waals surface area (Å²) in [6, 6.07) is 19.1. The summed E-state index contributed by atoms with van der Waals surface area (Å²) in [7, 11) is 0. The highest BCUT2D eigenvalue weighted by atomic mass is 79.9. The van der Waals surface area contributed by atoms with Crippen LogP contribution in [-0.2, 0) is 4.79 Å². The summed E-state index contributed by atoms with van der Waals surface area (Å²) in [5.41, 5.74) is 2.38. The number of carbonyl (C=O) groups is 1. The number of amides is 1. The van der Waals surface area contributed by atoms with E-state index in [-0.39, 0.29) is 12.5 Å². The first-order chi connectivity index (χ1) is 17.1. The van der Waals surface area contributed by atoms with Crippen molar-refractivity contribution in [3.05, 3.63) is 76.4 Å². The quantitative estimate of drug-likeness (QED) is 0.325. The van der Waals surface area contributed by atoms with Crippen molar-refractivity contribution >= 4 is 44.9 Å². The van der Waals surface area contributed by atoms with Crippen molar-refractivity contribution in [1.82, 2.24) is 19.5 Å². The van der Waals surface area contributed by atoms with Gasteiger partial charge in [0.25, 0.3) is 5.91 Å². The summed E-state index contributed by atoms with van der Waals surface area (Å²) < 4.78 is 8.23. The van der Waals surface area contributed by atoms with Crippen LogP contribution in [0.4, 0.5) is 5.82 Å². The summed E-state index contributed by atoms with van der Waals surface area (Å²) in [5, 5.41) is 8.68. The van der Waals surface area contributed by atoms with Crippen molar-refractivity contribution in [3.8, 4) is 17.0 Å². The maximum Gasteiger partial charge on any atom is 0.260 e. The van der Waals surface area contributed by atoms with Crippen LogP contribution in [0.3, 0.4) is 0 Å². The van der Waals surface area contributed by atoms with Crippen molar-refractivity contribution in [2.75, 3.05) is 31.6 Å². The first-order valence-corrected chi connectivity index (χ1v) is 12.7. The van der Waals surface area contributed by atoms with Gasteiger partial charge in [0.2, 0.25) is 0 Å². The molecule has 0 saturated carbocycles. The Labute approximate surface area is 217 Å². The van der Waals surface area contributed by atoms with Gasteiger partial charge in [0.05, 0.1) is 16.4 Å². The molecule has 1 N–H and O–H groups in total. The summed E-state index contributed by atoms with van der Waals surface area (Å²) in [4.78, 5) is 19.2. The van der Waals surface area contributed by atoms with Gasteiger partial charge in [-0.2, -0.15) is 9.61 Å². The molecule has 1 aliphatic heterocycles. The third kappa shape index (κ3) is 5.44. The molecule has 1 saturated heterocycles. The number of anilines is 1. The lowest BCUT2D eigenvalue weighted by Gasteiger charge is -2.32. The first kappa shape index (κ1) is 23.6. The number of ether oxygens (including phenoxy) is 1. The average molecular weight is 555 g/mol. The van der Waals surface area contributed by atoms with E-state index in [0.29, 0.717) is 16.7 Å². The van der Waals surface area contributed by atoms with Crippen LogP contribution >= 0.6 is 27.5 Å². The van der Waals surface area contributed by atoms with Gasteiger partial charge in [0, 0.05) is 36.3 Å². The second kappa shape index (κ2) is 10.7. The molecule has 0 radical (unpaired) electrons. The number of carbonyl (C=O) groups excluding carboxylic acids is 1. The molecule has 0 unspecified atom stereocenters. The van der Waals surface area contributed by atoms with E-state index in [1.54, 1.807) is 10.7 Å². The Balaban J connectivity index is 1.21. The van der Waals surface area contributed by atoms with Crippen LogP contribution in [0.15, 0.2) is 71.3 Å². The zero-order valence-corrected chi connectivity index (χ0v) is 21.4. The summed E-state index contributed by atoms with van der Waals surface area (Å²) in [5.74, 6) is 2.04. The van der Waals surface area contributed by atoms with E-state index < -0.39 is 0 Å². The molecule has 180 valence electrons. The Bertz CT molecular complexity index is 1320. The number of likely N-dealkylation sites (tertiary alicyclic amines) is 1. The number of halogens is 2. The van der Waals surface area contributed by atoms with E-state index >= 15 is 0 Å². The number of hydrogen-bond acceptors (Lipinski definition) is 5. The number of piperidine rings is 1. The van der Waals surface area contributed by atoms with Gasteiger partial charge < -0.3 is 15.0 Å². The van der Waals surface area contributed by atoms with Gasteiger partial charge in [-0.25, -0.2) is 4.98 Å². The largest absolute Gasteiger partial charge is 0.484 e. The van der Waals surface area contributed by atoms with Crippen LogP contribution in [0.5, 0.6) is 5.75 Å². The molecular formula is C26H25BrClN5O2. The van der Waals surface area contributed by atoms with Gasteiger partial charge >= 0.3 is 0 Å². The molecule has 35 heavy (non-hydrogen) atoms. The van der Waals surface area contributed by atoms with Crippen molar-refractivity contribution < 1.29 is 9.53 Å². The Kier molecular flexibility index (Phi) is 7.20. The number of hydrogen-bond donors (Lipinski definition) is 1. The van der Waals surface area contributed by atoms with Crippen molar-refractivity contribution in [2.45, 2.75) is 12.8 Å². The van der Waals surface area contributed by atoms with E-state index in [2.05, 4.69) is 26.3 Å². The molecule has 0 aliphatic carbocycles. The van der Waals surface area contributed by atoms with E-state index in [9.17, 15) is 4.79 Å². The third-order valence-corrected chi connectivity index (χ3v) is 7.11. The molecular weight excluding hydrogens is 530 g/mol. The third-order valence-electron chi connectivity index (χ3n) is 6.22. The fraction of sp³-hybridized carbons (Fsp3) is 0.269. The number of para-hydroxylation sites is 1. The van der Waals surface area contributed by atoms with Crippen molar-refractivity contribution in [2.24, 2.45) is 5.92 Å². The summed E-state index contributed by atoms with van der Waals surface area (Å²) in [6.07, 6.45) is 3.60. The van der Waals surface area contributed by atoms with E-state index in [1.165, 1.54) is 0 Å². The first-order valence-electron chi connectivity index (χ1n) is 11.6. The molecule has 2 aromatic heterocycles. The second-order valence-electron chi connectivity index (χ2n) is 8.54. The number of benzene rings is 2. The minimum atomic E-state index is 0.0295. The highest BCUT2D eigenvalue weighted by Crippen LogP contribution is 2.30. The standard InChI is InChI=1S/C26H25BrClN5O2/c27-21-16-30-33-24(14-23(31-26(21)33)20-8-4-5-9-22(20)28)29-15-18-10-12-32(13-11-18)25(34)17-35-19-6-2-1-3-7-19/h1-9,14,16,18,29H,10-13,15,17H2. The maximum absolute atomic E-state index is 12.6. The second-order valence-corrected chi connectivity index (χ2v) is 9.80. The molecule has 9 heteroatoms. The van der Waals surface area contributed by atoms with Gasteiger partial charge in [-0.3, -0.25) is 4.79 Å². The highest BCUT2D eigenvalue weighted by molar-refractivity contribution is 9.10. The molecule has 4 aromatic rings. The molecule has 2 aromatic carbocycles. The topological polar surface area (TPSA) is 71.8 Å². The average Bonchev–Trinajstić information content (AvgIpc) is 3.27. The lowest BCUT2D eigenvalue weighted by molar-refractivity contribution is -0.134. The SMILES string of the molecule is O=C(COc1ccccc1)N1CCC(CNc2cc(-c3ccccc3Cl)nc3c(Br)cnn23)CC1. The monoisotopic (exact) mass is 553 g/mol. The van der Waals surface area contributed by atoms with Crippen LogP contribution in [0.25, 0.3) is 16.9 Å². The smallest absolute Gasteiger partial charge is 0.260 e. The zero-order valence-electron chi connectivity index (χ0n) is 19.0. The van der Waals surface area contributed by atoms with Crippen LogP contribution in [0.1, 0.15) is 12.8 Å². The Morgan fingerprint density at radius 2 is 1.86 bits per heavy atom. The number of nitrogens with one attached hydrogen (secondary N) is 1. The Morgan fingerprint density at radius 1 is 1.11 bits per heavy atom. The van der Waals surface area contributed by atoms with Crippen LogP contribution in [0.2, 0.25) is 5.02 Å². The fourth-order valence-corrected chi connectivity index (χ4v) is 4.84. The van der Waals surface area contributed by atoms with Crippen LogP contribution in [0, 0.1) is 5.92 Å². The zero-order chi connectivity index (χ0) is 24.2. The molecule has 0 bridgehead atoms. The normalized spacial score (nSPS) is 14.3. The molecule has 1 aliphatic rings. The predicted octanol–water partition coefficient (Wildman–Crippen LogP) is 5.54. The molecule has 5 rings (SSSR count). The Hall–Kier alpha value is -3.10. The minimum Gasteiger partial charge on any atom is -0.484 e. The van der Waals surface area contributed by atoms with E-state index in [0.717, 1.165) is 59.7 Å². The number of aromatic nitrogens is 3. The molecule has 1 fully saturated rings. The lowest BCUT2D eigenvalue weighted by atomic mass is 9.96.